The Labute approximate surface area is 126 Å². The average Bonchev–Trinajstić information content (AvgIpc) is 2.41. The third-order valence-corrected chi connectivity index (χ3v) is 4.66. The molecule has 2 aromatic rings. The molecule has 18 heavy (non-hydrogen) atoms. The molecular formula is C14H10Cl4. The highest BCUT2D eigenvalue weighted by atomic mass is 35.5. The lowest BCUT2D eigenvalue weighted by molar-refractivity contribution is 0.923. The summed E-state index contributed by atoms with van der Waals surface area (Å²) in [6.07, 6.45) is 0. The Kier molecular flexibility index (Phi) is 4.45. The maximum absolute atomic E-state index is 6.24. The topological polar surface area (TPSA) is 0 Å². The Morgan fingerprint density at radius 2 is 1.44 bits per heavy atom. The van der Waals surface area contributed by atoms with E-state index in [1.54, 1.807) is 6.07 Å². The largest absolute Gasteiger partial charge is 0.0826 e. The highest BCUT2D eigenvalue weighted by molar-refractivity contribution is 6.52. The number of benzene rings is 2. The standard InChI is InChI=1S/C14H10Cl4/c1-8(9-5-3-2-4-6-9)10-7-11(15)13(17)14(18)12(10)16/h2-8H,1H3. The highest BCUT2D eigenvalue weighted by Crippen LogP contribution is 2.42. The van der Waals surface area contributed by atoms with E-state index in [1.165, 1.54) is 0 Å². The number of hydrogen-bond donors (Lipinski definition) is 0. The van der Waals surface area contributed by atoms with Crippen LogP contribution in [0.1, 0.15) is 24.0 Å². The smallest absolute Gasteiger partial charge is 0.0796 e. The normalized spacial score (nSPS) is 12.5. The van der Waals surface area contributed by atoms with Crippen LogP contribution in [0.15, 0.2) is 36.4 Å². The molecule has 4 heteroatoms. The first kappa shape index (κ1) is 14.0. The van der Waals surface area contributed by atoms with E-state index in [4.69, 9.17) is 46.4 Å². The molecule has 0 bridgehead atoms. The van der Waals surface area contributed by atoms with Gasteiger partial charge >= 0.3 is 0 Å². The van der Waals surface area contributed by atoms with Crippen LogP contribution in [0.2, 0.25) is 20.1 Å². The lowest BCUT2D eigenvalue weighted by atomic mass is 9.93. The van der Waals surface area contributed by atoms with Gasteiger partial charge < -0.3 is 0 Å². The van der Waals surface area contributed by atoms with Gasteiger partial charge in [0.15, 0.2) is 0 Å². The zero-order valence-corrected chi connectivity index (χ0v) is 12.6. The fourth-order valence-electron chi connectivity index (χ4n) is 1.83. The van der Waals surface area contributed by atoms with Crippen LogP contribution in [0.4, 0.5) is 0 Å². The molecule has 0 aromatic heterocycles. The zero-order chi connectivity index (χ0) is 13.3. The summed E-state index contributed by atoms with van der Waals surface area (Å²) < 4.78 is 0. The summed E-state index contributed by atoms with van der Waals surface area (Å²) in [6, 6.07) is 11.8. The maximum atomic E-state index is 6.24. The predicted octanol–water partition coefficient (Wildman–Crippen LogP) is 6.45. The van der Waals surface area contributed by atoms with E-state index in [0.29, 0.717) is 20.1 Å². The maximum Gasteiger partial charge on any atom is 0.0796 e. The van der Waals surface area contributed by atoms with Crippen molar-refractivity contribution in [1.82, 2.24) is 0 Å². The molecule has 2 aromatic carbocycles. The van der Waals surface area contributed by atoms with Crippen LogP contribution in [-0.2, 0) is 0 Å². The Morgan fingerprint density at radius 3 is 2.06 bits per heavy atom. The Balaban J connectivity index is 2.52. The second kappa shape index (κ2) is 5.71. The molecule has 0 saturated carbocycles. The van der Waals surface area contributed by atoms with E-state index in [2.05, 4.69) is 6.92 Å². The molecular weight excluding hydrogens is 310 g/mol. The monoisotopic (exact) mass is 318 g/mol. The Bertz CT molecular complexity index is 564. The van der Waals surface area contributed by atoms with Crippen LogP contribution in [-0.4, -0.2) is 0 Å². The van der Waals surface area contributed by atoms with E-state index >= 15 is 0 Å². The SMILES string of the molecule is CC(c1ccccc1)c1cc(Cl)c(Cl)c(Cl)c1Cl. The highest BCUT2D eigenvalue weighted by Gasteiger charge is 2.18. The van der Waals surface area contributed by atoms with Crippen LogP contribution in [0.5, 0.6) is 0 Å². The van der Waals surface area contributed by atoms with Gasteiger partial charge in [0, 0.05) is 5.92 Å². The molecule has 0 saturated heterocycles. The first-order valence-electron chi connectivity index (χ1n) is 5.40. The predicted molar refractivity (Wildman–Crippen MR) is 80.4 cm³/mol. The summed E-state index contributed by atoms with van der Waals surface area (Å²) in [6.45, 7) is 2.05. The summed E-state index contributed by atoms with van der Waals surface area (Å²) >= 11 is 24.3. The van der Waals surface area contributed by atoms with Crippen molar-refractivity contribution in [2.24, 2.45) is 0 Å². The van der Waals surface area contributed by atoms with Crippen molar-refractivity contribution in [2.45, 2.75) is 12.8 Å². The van der Waals surface area contributed by atoms with Crippen molar-refractivity contribution in [2.75, 3.05) is 0 Å². The molecule has 0 amide bonds. The van der Waals surface area contributed by atoms with E-state index in [-0.39, 0.29) is 5.92 Å². The molecule has 2 rings (SSSR count). The molecule has 0 heterocycles. The van der Waals surface area contributed by atoms with Gasteiger partial charge in [0.1, 0.15) is 0 Å². The van der Waals surface area contributed by atoms with Gasteiger partial charge in [0.25, 0.3) is 0 Å². The fourth-order valence-corrected chi connectivity index (χ4v) is 2.81. The van der Waals surface area contributed by atoms with Crippen molar-refractivity contribution in [3.8, 4) is 0 Å². The van der Waals surface area contributed by atoms with Crippen LogP contribution in [0, 0.1) is 0 Å². The Hall–Kier alpha value is -0.400. The summed E-state index contributed by atoms with van der Waals surface area (Å²) in [7, 11) is 0. The minimum atomic E-state index is 0.103. The van der Waals surface area contributed by atoms with E-state index < -0.39 is 0 Å². The summed E-state index contributed by atoms with van der Waals surface area (Å²) in [5.74, 6) is 0.103. The quantitative estimate of drug-likeness (QED) is 0.440. The molecule has 0 nitrogen and oxygen atoms in total. The van der Waals surface area contributed by atoms with Crippen molar-refractivity contribution in [3.05, 3.63) is 67.6 Å². The van der Waals surface area contributed by atoms with Crippen LogP contribution in [0.25, 0.3) is 0 Å². The Morgan fingerprint density at radius 1 is 0.833 bits per heavy atom. The van der Waals surface area contributed by atoms with E-state index in [0.717, 1.165) is 11.1 Å². The van der Waals surface area contributed by atoms with Crippen molar-refractivity contribution < 1.29 is 0 Å². The average molecular weight is 320 g/mol. The first-order chi connectivity index (χ1) is 8.52. The summed E-state index contributed by atoms with van der Waals surface area (Å²) in [4.78, 5) is 0. The van der Waals surface area contributed by atoms with Crippen molar-refractivity contribution >= 4 is 46.4 Å². The van der Waals surface area contributed by atoms with Gasteiger partial charge in [-0.05, 0) is 17.2 Å². The molecule has 94 valence electrons. The second-order valence-corrected chi connectivity index (χ2v) is 5.56. The number of halogens is 4. The van der Waals surface area contributed by atoms with Gasteiger partial charge in [-0.2, -0.15) is 0 Å². The van der Waals surface area contributed by atoms with Gasteiger partial charge in [-0.3, -0.25) is 0 Å². The molecule has 0 aliphatic rings. The van der Waals surface area contributed by atoms with Gasteiger partial charge in [-0.15, -0.1) is 0 Å². The van der Waals surface area contributed by atoms with E-state index in [1.807, 2.05) is 30.3 Å². The van der Waals surface area contributed by atoms with E-state index in [9.17, 15) is 0 Å². The molecule has 0 N–H and O–H groups in total. The third kappa shape index (κ3) is 2.62. The molecule has 1 atom stereocenters. The van der Waals surface area contributed by atoms with Crippen LogP contribution >= 0.6 is 46.4 Å². The lowest BCUT2D eigenvalue weighted by Crippen LogP contribution is -1.98. The second-order valence-electron chi connectivity index (χ2n) is 4.02. The minimum Gasteiger partial charge on any atom is -0.0826 e. The molecule has 0 spiro atoms. The summed E-state index contributed by atoms with van der Waals surface area (Å²) in [5, 5.41) is 1.49. The van der Waals surface area contributed by atoms with Crippen LogP contribution in [0.3, 0.4) is 0 Å². The summed E-state index contributed by atoms with van der Waals surface area (Å²) in [5.41, 5.74) is 2.02. The number of rotatable bonds is 2. The van der Waals surface area contributed by atoms with Crippen molar-refractivity contribution in [1.29, 1.82) is 0 Å². The van der Waals surface area contributed by atoms with Gasteiger partial charge in [-0.1, -0.05) is 83.7 Å². The zero-order valence-electron chi connectivity index (χ0n) is 9.55. The minimum absolute atomic E-state index is 0.103. The molecule has 1 unspecified atom stereocenters. The van der Waals surface area contributed by atoms with Gasteiger partial charge in [0.05, 0.1) is 20.1 Å². The van der Waals surface area contributed by atoms with Gasteiger partial charge in [0.2, 0.25) is 0 Å². The fraction of sp³-hybridized carbons (Fsp3) is 0.143. The lowest BCUT2D eigenvalue weighted by Gasteiger charge is -2.16. The molecule has 0 aliphatic heterocycles. The van der Waals surface area contributed by atoms with Gasteiger partial charge in [-0.25, -0.2) is 0 Å². The first-order valence-corrected chi connectivity index (χ1v) is 6.91. The van der Waals surface area contributed by atoms with Crippen LogP contribution < -0.4 is 0 Å². The third-order valence-electron chi connectivity index (χ3n) is 2.90. The van der Waals surface area contributed by atoms with Crippen molar-refractivity contribution in [3.63, 3.8) is 0 Å². The molecule has 0 fully saturated rings. The molecule has 0 radical (unpaired) electrons. The molecule has 0 aliphatic carbocycles. The number of hydrogen-bond acceptors (Lipinski definition) is 0.